The van der Waals surface area contributed by atoms with Crippen LogP contribution in [0, 0.1) is 13.8 Å². The van der Waals surface area contributed by atoms with Gasteiger partial charge in [-0.3, -0.25) is 9.59 Å². The molecule has 0 bridgehead atoms. The largest absolute Gasteiger partial charge is 0.452 e. The molecule has 6 nitrogen and oxygen atoms in total. The van der Waals surface area contributed by atoms with E-state index in [-0.39, 0.29) is 24.3 Å². The Balaban J connectivity index is 1.76. The highest BCUT2D eigenvalue weighted by Crippen LogP contribution is 2.31. The molecular formula is C21H22N2O4. The van der Waals surface area contributed by atoms with Crippen LogP contribution in [-0.2, 0) is 14.3 Å². The van der Waals surface area contributed by atoms with Crippen LogP contribution in [0.5, 0.6) is 0 Å². The molecule has 0 fully saturated rings. The molecule has 3 rings (SSSR count). The summed E-state index contributed by atoms with van der Waals surface area (Å²) >= 11 is 0. The molecule has 0 aliphatic carbocycles. The molecule has 0 saturated carbocycles. The lowest BCUT2D eigenvalue weighted by atomic mass is 10.1. The van der Waals surface area contributed by atoms with Gasteiger partial charge in [-0.2, -0.15) is 0 Å². The fourth-order valence-corrected chi connectivity index (χ4v) is 3.12. The lowest BCUT2D eigenvalue weighted by molar-refractivity contribution is -0.122. The first-order valence-electron chi connectivity index (χ1n) is 8.82. The normalized spacial score (nSPS) is 16.2. The van der Waals surface area contributed by atoms with Crippen molar-refractivity contribution in [3.05, 3.63) is 59.2 Å². The number of fused-ring (bicyclic) bond motifs is 1. The third-order valence-electron chi connectivity index (χ3n) is 4.70. The second-order valence-electron chi connectivity index (χ2n) is 6.76. The number of aryl methyl sites for hydroxylation is 2. The Bertz CT molecular complexity index is 907. The Morgan fingerprint density at radius 1 is 1.15 bits per heavy atom. The van der Waals surface area contributed by atoms with Crippen LogP contribution < -0.4 is 10.2 Å². The van der Waals surface area contributed by atoms with E-state index in [1.165, 1.54) is 4.90 Å². The second kappa shape index (κ2) is 7.61. The van der Waals surface area contributed by atoms with Crippen molar-refractivity contribution in [1.29, 1.82) is 0 Å². The van der Waals surface area contributed by atoms with Gasteiger partial charge in [0.2, 0.25) is 5.91 Å². The van der Waals surface area contributed by atoms with Crippen molar-refractivity contribution in [2.75, 3.05) is 16.8 Å². The summed E-state index contributed by atoms with van der Waals surface area (Å²) in [4.78, 5) is 38.6. The molecule has 0 radical (unpaired) electrons. The van der Waals surface area contributed by atoms with Gasteiger partial charge in [0.25, 0.3) is 5.91 Å². The Hall–Kier alpha value is -3.15. The molecule has 1 heterocycles. The number of hydrogen-bond donors (Lipinski definition) is 1. The Morgan fingerprint density at radius 2 is 1.89 bits per heavy atom. The summed E-state index contributed by atoms with van der Waals surface area (Å²) in [5, 5.41) is 2.80. The molecule has 6 heteroatoms. The quantitative estimate of drug-likeness (QED) is 0.847. The van der Waals surface area contributed by atoms with E-state index in [0.717, 1.165) is 11.1 Å². The van der Waals surface area contributed by atoms with Crippen LogP contribution >= 0.6 is 0 Å². The molecule has 0 spiro atoms. The first-order valence-corrected chi connectivity index (χ1v) is 8.82. The monoisotopic (exact) mass is 366 g/mol. The van der Waals surface area contributed by atoms with Crippen LogP contribution in [0.3, 0.4) is 0 Å². The maximum atomic E-state index is 12.8. The highest BCUT2D eigenvalue weighted by Gasteiger charge is 2.30. The van der Waals surface area contributed by atoms with E-state index < -0.39 is 12.6 Å². The average molecular weight is 366 g/mol. The van der Waals surface area contributed by atoms with Crippen molar-refractivity contribution < 1.29 is 19.1 Å². The topological polar surface area (TPSA) is 75.7 Å². The number of nitrogens with zero attached hydrogens (tertiary/aromatic N) is 1. The van der Waals surface area contributed by atoms with Crippen LogP contribution in [-0.4, -0.2) is 30.4 Å². The molecule has 2 aromatic rings. The van der Waals surface area contributed by atoms with E-state index in [2.05, 4.69) is 5.32 Å². The summed E-state index contributed by atoms with van der Waals surface area (Å²) in [5.41, 5.74) is 3.64. The molecule has 2 aromatic carbocycles. The predicted molar refractivity (Wildman–Crippen MR) is 103 cm³/mol. The lowest BCUT2D eigenvalue weighted by Crippen LogP contribution is -2.41. The van der Waals surface area contributed by atoms with E-state index in [9.17, 15) is 14.4 Å². The molecule has 27 heavy (non-hydrogen) atoms. The fourth-order valence-electron chi connectivity index (χ4n) is 3.12. The number of nitrogens with one attached hydrogen (secondary N) is 1. The number of rotatable bonds is 3. The minimum atomic E-state index is -0.545. The number of carbonyl (C=O) groups excluding carboxylic acids is 3. The zero-order valence-corrected chi connectivity index (χ0v) is 15.6. The van der Waals surface area contributed by atoms with Gasteiger partial charge in [-0.05, 0) is 56.2 Å². The van der Waals surface area contributed by atoms with Crippen molar-refractivity contribution in [2.45, 2.75) is 33.2 Å². The highest BCUT2D eigenvalue weighted by molar-refractivity contribution is 6.05. The van der Waals surface area contributed by atoms with Crippen molar-refractivity contribution in [3.63, 3.8) is 0 Å². The van der Waals surface area contributed by atoms with Crippen LogP contribution in [0.1, 0.15) is 34.8 Å². The summed E-state index contributed by atoms with van der Waals surface area (Å²) in [6.07, 6.45) is 0.172. The Kier molecular flexibility index (Phi) is 5.26. The number of esters is 1. The number of benzene rings is 2. The van der Waals surface area contributed by atoms with Gasteiger partial charge in [-0.15, -0.1) is 0 Å². The molecule has 2 amide bonds. The smallest absolute Gasteiger partial charge is 0.338 e. The molecule has 140 valence electrons. The highest BCUT2D eigenvalue weighted by atomic mass is 16.5. The molecule has 0 aromatic heterocycles. The molecular weight excluding hydrogens is 344 g/mol. The second-order valence-corrected chi connectivity index (χ2v) is 6.76. The number of anilines is 2. The summed E-state index contributed by atoms with van der Waals surface area (Å²) in [7, 11) is 0. The zero-order valence-electron chi connectivity index (χ0n) is 15.6. The van der Waals surface area contributed by atoms with Crippen LogP contribution in [0.15, 0.2) is 42.5 Å². The van der Waals surface area contributed by atoms with Gasteiger partial charge in [0.05, 0.1) is 16.9 Å². The predicted octanol–water partition coefficient (Wildman–Crippen LogP) is 3.22. The van der Waals surface area contributed by atoms with E-state index >= 15 is 0 Å². The van der Waals surface area contributed by atoms with E-state index in [4.69, 9.17) is 4.74 Å². The van der Waals surface area contributed by atoms with Gasteiger partial charge < -0.3 is 15.0 Å². The number of hydrogen-bond acceptors (Lipinski definition) is 4. The standard InChI is InChI=1S/C21H22N2O4/c1-13-8-9-16(10-14(13)2)21(26)27-12-20(25)23-15(3)11-19(24)22-17-6-4-5-7-18(17)23/h4-10,15H,11-12H2,1-3H3,(H,22,24). The van der Waals surface area contributed by atoms with Crippen molar-refractivity contribution in [1.82, 2.24) is 0 Å². The van der Waals surface area contributed by atoms with E-state index in [0.29, 0.717) is 16.9 Å². The number of ether oxygens (including phenoxy) is 1. The summed E-state index contributed by atoms with van der Waals surface area (Å²) < 4.78 is 5.23. The number of amides is 2. The number of para-hydroxylation sites is 2. The summed E-state index contributed by atoms with van der Waals surface area (Å²) in [6.45, 7) is 5.28. The van der Waals surface area contributed by atoms with Crippen LogP contribution in [0.25, 0.3) is 0 Å². The molecule has 1 aliphatic heterocycles. The lowest BCUT2D eigenvalue weighted by Gasteiger charge is -2.27. The molecule has 1 unspecified atom stereocenters. The third kappa shape index (κ3) is 4.00. The van der Waals surface area contributed by atoms with Gasteiger partial charge in [-0.1, -0.05) is 18.2 Å². The van der Waals surface area contributed by atoms with Crippen molar-refractivity contribution in [3.8, 4) is 0 Å². The average Bonchev–Trinajstić information content (AvgIpc) is 2.76. The SMILES string of the molecule is Cc1ccc(C(=O)OCC(=O)N2c3ccccc3NC(=O)CC2C)cc1C. The van der Waals surface area contributed by atoms with Crippen LogP contribution in [0.2, 0.25) is 0 Å². The van der Waals surface area contributed by atoms with Gasteiger partial charge in [0.15, 0.2) is 6.61 Å². The van der Waals surface area contributed by atoms with Gasteiger partial charge >= 0.3 is 5.97 Å². The van der Waals surface area contributed by atoms with E-state index in [1.54, 1.807) is 43.3 Å². The minimum absolute atomic E-state index is 0.155. The summed E-state index contributed by atoms with van der Waals surface area (Å²) in [5.74, 6) is -1.07. The summed E-state index contributed by atoms with van der Waals surface area (Å²) in [6, 6.07) is 12.0. The number of carbonyl (C=O) groups is 3. The third-order valence-corrected chi connectivity index (χ3v) is 4.70. The fraction of sp³-hybridized carbons (Fsp3) is 0.286. The van der Waals surface area contributed by atoms with Crippen molar-refractivity contribution in [2.24, 2.45) is 0 Å². The van der Waals surface area contributed by atoms with Crippen LogP contribution in [0.4, 0.5) is 11.4 Å². The first-order chi connectivity index (χ1) is 12.9. The van der Waals surface area contributed by atoms with Gasteiger partial charge in [-0.25, -0.2) is 4.79 Å². The molecule has 1 aliphatic rings. The molecule has 1 atom stereocenters. The maximum absolute atomic E-state index is 12.8. The van der Waals surface area contributed by atoms with Crippen molar-refractivity contribution >= 4 is 29.2 Å². The first kappa shape index (κ1) is 18.6. The minimum Gasteiger partial charge on any atom is -0.452 e. The van der Waals surface area contributed by atoms with Gasteiger partial charge in [0.1, 0.15) is 0 Å². The maximum Gasteiger partial charge on any atom is 0.338 e. The molecule has 1 N–H and O–H groups in total. The Morgan fingerprint density at radius 3 is 2.63 bits per heavy atom. The zero-order chi connectivity index (χ0) is 19.6. The molecule has 0 saturated heterocycles. The van der Waals surface area contributed by atoms with Gasteiger partial charge in [0, 0.05) is 12.5 Å². The van der Waals surface area contributed by atoms with E-state index in [1.807, 2.05) is 19.9 Å². The Labute approximate surface area is 158 Å².